The molecule has 144 valence electrons. The number of fused-ring (bicyclic) bond motifs is 1. The third kappa shape index (κ3) is 2.88. The lowest BCUT2D eigenvalue weighted by Gasteiger charge is -2.28. The highest BCUT2D eigenvalue weighted by Crippen LogP contribution is 2.33. The van der Waals surface area contributed by atoms with Gasteiger partial charge in [-0.1, -0.05) is 11.6 Å². The lowest BCUT2D eigenvalue weighted by Crippen LogP contribution is -2.36. The Bertz CT molecular complexity index is 1270. The standard InChI is InChI=1S/C17H16ClN7O2S/c1-11-5-16-20-10-22-25(16)9-14(11)13-3-4-24(8-12(13)6-19)28(26,27)15-7-21-23(2)17(15)18/h5,7,9-10H,3-4,8H2,1-2H3. The van der Waals surface area contributed by atoms with Crippen LogP contribution < -0.4 is 0 Å². The van der Waals surface area contributed by atoms with E-state index in [4.69, 9.17) is 11.6 Å². The monoisotopic (exact) mass is 417 g/mol. The van der Waals surface area contributed by atoms with E-state index in [1.54, 1.807) is 11.6 Å². The molecule has 0 spiro atoms. The number of hydrogen-bond acceptors (Lipinski definition) is 6. The number of halogens is 1. The van der Waals surface area contributed by atoms with Crippen LogP contribution in [0.25, 0.3) is 11.2 Å². The maximum atomic E-state index is 13.0. The van der Waals surface area contributed by atoms with Gasteiger partial charge in [-0.05, 0) is 30.5 Å². The number of hydrogen-bond donors (Lipinski definition) is 0. The first-order valence-corrected chi connectivity index (χ1v) is 10.2. The minimum Gasteiger partial charge on any atom is -0.256 e. The molecule has 3 aromatic rings. The van der Waals surface area contributed by atoms with Crippen LogP contribution in [-0.2, 0) is 17.1 Å². The predicted octanol–water partition coefficient (Wildman–Crippen LogP) is 1.80. The van der Waals surface area contributed by atoms with Crippen molar-refractivity contribution >= 4 is 32.8 Å². The van der Waals surface area contributed by atoms with E-state index in [9.17, 15) is 13.7 Å². The molecule has 0 saturated heterocycles. The van der Waals surface area contributed by atoms with Crippen molar-refractivity contribution in [3.8, 4) is 6.07 Å². The highest BCUT2D eigenvalue weighted by atomic mass is 35.5. The van der Waals surface area contributed by atoms with Crippen LogP contribution in [-0.4, -0.2) is 50.2 Å². The molecule has 0 N–H and O–H groups in total. The van der Waals surface area contributed by atoms with Crippen molar-refractivity contribution in [2.45, 2.75) is 18.2 Å². The van der Waals surface area contributed by atoms with Gasteiger partial charge in [0.15, 0.2) is 5.65 Å². The Labute approximate surface area is 166 Å². The summed E-state index contributed by atoms with van der Waals surface area (Å²) in [5.74, 6) is 0. The molecule has 3 aromatic heterocycles. The Morgan fingerprint density at radius 3 is 2.79 bits per heavy atom. The van der Waals surface area contributed by atoms with Gasteiger partial charge in [0.05, 0.1) is 12.3 Å². The Kier molecular flexibility index (Phi) is 4.45. The average molecular weight is 418 g/mol. The first-order valence-electron chi connectivity index (χ1n) is 8.43. The van der Waals surface area contributed by atoms with Gasteiger partial charge in [0.2, 0.25) is 10.0 Å². The Hall–Kier alpha value is -2.74. The Balaban J connectivity index is 1.74. The topological polar surface area (TPSA) is 109 Å². The molecule has 0 bridgehead atoms. The zero-order valence-electron chi connectivity index (χ0n) is 15.2. The van der Waals surface area contributed by atoms with Gasteiger partial charge < -0.3 is 0 Å². The van der Waals surface area contributed by atoms with Crippen molar-refractivity contribution < 1.29 is 8.42 Å². The molecule has 11 heteroatoms. The maximum absolute atomic E-state index is 13.0. The second kappa shape index (κ2) is 6.70. The van der Waals surface area contributed by atoms with Crippen LogP contribution in [0.1, 0.15) is 17.5 Å². The summed E-state index contributed by atoms with van der Waals surface area (Å²) in [6, 6.07) is 4.06. The van der Waals surface area contributed by atoms with E-state index in [1.807, 2.05) is 19.2 Å². The van der Waals surface area contributed by atoms with Crippen LogP contribution in [0.2, 0.25) is 5.15 Å². The van der Waals surface area contributed by atoms with Crippen molar-refractivity contribution in [2.24, 2.45) is 7.05 Å². The number of rotatable bonds is 3. The molecule has 0 aromatic carbocycles. The average Bonchev–Trinajstić information content (AvgIpc) is 3.27. The number of aromatic nitrogens is 5. The van der Waals surface area contributed by atoms with Crippen LogP contribution in [0.15, 0.2) is 35.3 Å². The summed E-state index contributed by atoms with van der Waals surface area (Å²) in [4.78, 5) is 4.10. The van der Waals surface area contributed by atoms with Gasteiger partial charge >= 0.3 is 0 Å². The highest BCUT2D eigenvalue weighted by molar-refractivity contribution is 7.89. The maximum Gasteiger partial charge on any atom is 0.248 e. The number of aryl methyl sites for hydroxylation is 2. The molecular weight excluding hydrogens is 402 g/mol. The molecule has 1 aliphatic heterocycles. The normalized spacial score (nSPS) is 15.9. The van der Waals surface area contributed by atoms with Crippen LogP contribution in [0.3, 0.4) is 0 Å². The molecule has 0 fully saturated rings. The number of nitrogens with zero attached hydrogens (tertiary/aromatic N) is 7. The van der Waals surface area contributed by atoms with Crippen molar-refractivity contribution in [1.29, 1.82) is 5.26 Å². The largest absolute Gasteiger partial charge is 0.256 e. The minimum atomic E-state index is -3.85. The third-order valence-electron chi connectivity index (χ3n) is 4.85. The van der Waals surface area contributed by atoms with E-state index >= 15 is 0 Å². The molecule has 0 saturated carbocycles. The summed E-state index contributed by atoms with van der Waals surface area (Å²) in [6.07, 6.45) is 4.92. The summed E-state index contributed by atoms with van der Waals surface area (Å²) in [5.41, 5.74) is 3.76. The van der Waals surface area contributed by atoms with E-state index < -0.39 is 10.0 Å². The van der Waals surface area contributed by atoms with E-state index in [2.05, 4.69) is 21.3 Å². The third-order valence-corrected chi connectivity index (χ3v) is 7.25. The van der Waals surface area contributed by atoms with Gasteiger partial charge in [-0.3, -0.25) is 4.68 Å². The fourth-order valence-electron chi connectivity index (χ4n) is 3.33. The fraction of sp³-hybridized carbons (Fsp3) is 0.294. The predicted molar refractivity (Wildman–Crippen MR) is 102 cm³/mol. The zero-order valence-corrected chi connectivity index (χ0v) is 16.7. The molecular formula is C17H16ClN7O2S. The van der Waals surface area contributed by atoms with Crippen molar-refractivity contribution in [3.05, 3.63) is 46.6 Å². The Morgan fingerprint density at radius 1 is 1.32 bits per heavy atom. The SMILES string of the molecule is Cc1cc2ncnn2cc1C1=C(C#N)CN(S(=O)(=O)c2cnn(C)c2Cl)CC1. The van der Waals surface area contributed by atoms with Gasteiger partial charge in [-0.2, -0.15) is 19.8 Å². The number of sulfonamides is 1. The van der Waals surface area contributed by atoms with E-state index in [0.29, 0.717) is 17.6 Å². The number of nitriles is 1. The molecule has 4 rings (SSSR count). The van der Waals surface area contributed by atoms with Gasteiger partial charge in [-0.25, -0.2) is 17.9 Å². The van der Waals surface area contributed by atoms with Gasteiger partial charge in [0.1, 0.15) is 16.4 Å². The van der Waals surface area contributed by atoms with Crippen molar-refractivity contribution in [1.82, 2.24) is 28.7 Å². The zero-order chi connectivity index (χ0) is 20.1. The minimum absolute atomic E-state index is 0.0196. The molecule has 0 aliphatic carbocycles. The first-order chi connectivity index (χ1) is 13.3. The lowest BCUT2D eigenvalue weighted by atomic mass is 9.93. The summed E-state index contributed by atoms with van der Waals surface area (Å²) >= 11 is 6.07. The highest BCUT2D eigenvalue weighted by Gasteiger charge is 2.33. The molecule has 0 amide bonds. The lowest BCUT2D eigenvalue weighted by molar-refractivity contribution is 0.435. The van der Waals surface area contributed by atoms with Crippen LogP contribution in [0, 0.1) is 18.3 Å². The fourth-order valence-corrected chi connectivity index (χ4v) is 5.15. The summed E-state index contributed by atoms with van der Waals surface area (Å²) in [6.45, 7) is 2.15. The van der Waals surface area contributed by atoms with Crippen LogP contribution in [0.5, 0.6) is 0 Å². The van der Waals surface area contributed by atoms with Gasteiger partial charge in [-0.15, -0.1) is 0 Å². The Morgan fingerprint density at radius 2 is 2.11 bits per heavy atom. The molecule has 28 heavy (non-hydrogen) atoms. The first kappa shape index (κ1) is 18.6. The van der Waals surface area contributed by atoms with Crippen molar-refractivity contribution in [2.75, 3.05) is 13.1 Å². The second-order valence-electron chi connectivity index (χ2n) is 6.51. The smallest absolute Gasteiger partial charge is 0.248 e. The van der Waals surface area contributed by atoms with Crippen molar-refractivity contribution in [3.63, 3.8) is 0 Å². The van der Waals surface area contributed by atoms with E-state index in [1.165, 1.54) is 21.5 Å². The molecule has 9 nitrogen and oxygen atoms in total. The molecule has 1 aliphatic rings. The summed E-state index contributed by atoms with van der Waals surface area (Å²) in [5, 5.41) is 17.8. The van der Waals surface area contributed by atoms with E-state index in [0.717, 1.165) is 16.7 Å². The molecule has 4 heterocycles. The summed E-state index contributed by atoms with van der Waals surface area (Å²) < 4.78 is 30.1. The quantitative estimate of drug-likeness (QED) is 0.642. The van der Waals surface area contributed by atoms with Gasteiger partial charge in [0, 0.05) is 37.5 Å². The van der Waals surface area contributed by atoms with E-state index in [-0.39, 0.29) is 23.1 Å². The number of pyridine rings is 1. The molecule has 0 atom stereocenters. The second-order valence-corrected chi connectivity index (χ2v) is 8.78. The van der Waals surface area contributed by atoms with Crippen LogP contribution >= 0.6 is 11.6 Å². The van der Waals surface area contributed by atoms with Crippen LogP contribution in [0.4, 0.5) is 0 Å². The van der Waals surface area contributed by atoms with Gasteiger partial charge in [0.25, 0.3) is 0 Å². The molecule has 0 unspecified atom stereocenters. The molecule has 0 radical (unpaired) electrons. The summed E-state index contributed by atoms with van der Waals surface area (Å²) in [7, 11) is -2.28.